The first kappa shape index (κ1) is 11.7. The number of aromatic amines is 1. The highest BCUT2D eigenvalue weighted by atomic mass is 16.1. The Bertz CT molecular complexity index is 383. The van der Waals surface area contributed by atoms with Crippen LogP contribution in [0.15, 0.2) is 10.9 Å². The zero-order valence-corrected chi connectivity index (χ0v) is 9.42. The molecule has 5 heteroatoms. The molecule has 1 aromatic heterocycles. The van der Waals surface area contributed by atoms with Crippen LogP contribution in [0.3, 0.4) is 0 Å². The standard InChI is InChI=1S/C10H18N4O/c1-7-13-8(4-9(15)14-7)12-6-10(2,3)5-11/h4H,5-6,11H2,1-3H3,(H2,12,13,14,15). The molecule has 0 aliphatic carbocycles. The molecule has 0 aromatic carbocycles. The van der Waals surface area contributed by atoms with Crippen LogP contribution in [0.25, 0.3) is 0 Å². The monoisotopic (exact) mass is 210 g/mol. The molecule has 0 amide bonds. The van der Waals surface area contributed by atoms with E-state index in [1.165, 1.54) is 6.07 Å². The SMILES string of the molecule is Cc1nc(NCC(C)(C)CN)cc(=O)[nH]1. The van der Waals surface area contributed by atoms with Gasteiger partial charge < -0.3 is 16.0 Å². The van der Waals surface area contributed by atoms with Crippen molar-refractivity contribution in [3.05, 3.63) is 22.2 Å². The molecule has 0 radical (unpaired) electrons. The fourth-order valence-electron chi connectivity index (χ4n) is 1.07. The van der Waals surface area contributed by atoms with Gasteiger partial charge in [-0.2, -0.15) is 0 Å². The predicted molar refractivity (Wildman–Crippen MR) is 60.9 cm³/mol. The summed E-state index contributed by atoms with van der Waals surface area (Å²) in [6.07, 6.45) is 0. The lowest BCUT2D eigenvalue weighted by atomic mass is 9.94. The van der Waals surface area contributed by atoms with E-state index in [1.807, 2.05) is 0 Å². The lowest BCUT2D eigenvalue weighted by Gasteiger charge is -2.22. The maximum absolute atomic E-state index is 11.1. The summed E-state index contributed by atoms with van der Waals surface area (Å²) in [7, 11) is 0. The minimum absolute atomic E-state index is 0.00180. The van der Waals surface area contributed by atoms with Crippen LogP contribution in [-0.2, 0) is 0 Å². The second-order valence-electron chi connectivity index (χ2n) is 4.44. The number of nitrogens with one attached hydrogen (secondary N) is 2. The first-order valence-electron chi connectivity index (χ1n) is 4.95. The first-order chi connectivity index (χ1) is 6.93. The minimum Gasteiger partial charge on any atom is -0.369 e. The molecule has 1 aromatic rings. The Balaban J connectivity index is 2.70. The van der Waals surface area contributed by atoms with Crippen LogP contribution < -0.4 is 16.6 Å². The molecule has 0 bridgehead atoms. The van der Waals surface area contributed by atoms with Gasteiger partial charge in [-0.3, -0.25) is 4.79 Å². The molecule has 0 fully saturated rings. The van der Waals surface area contributed by atoms with E-state index >= 15 is 0 Å². The maximum Gasteiger partial charge on any atom is 0.252 e. The Kier molecular flexibility index (Phi) is 3.47. The van der Waals surface area contributed by atoms with Gasteiger partial charge >= 0.3 is 0 Å². The molecule has 0 aliphatic heterocycles. The fraction of sp³-hybridized carbons (Fsp3) is 0.600. The molecular weight excluding hydrogens is 192 g/mol. The van der Waals surface area contributed by atoms with Crippen LogP contribution in [0, 0.1) is 12.3 Å². The zero-order chi connectivity index (χ0) is 11.5. The third-order valence-corrected chi connectivity index (χ3v) is 2.16. The molecule has 0 spiro atoms. The smallest absolute Gasteiger partial charge is 0.252 e. The minimum atomic E-state index is -0.143. The summed E-state index contributed by atoms with van der Waals surface area (Å²) in [6.45, 7) is 7.14. The van der Waals surface area contributed by atoms with Crippen molar-refractivity contribution < 1.29 is 0 Å². The fourth-order valence-corrected chi connectivity index (χ4v) is 1.07. The normalized spacial score (nSPS) is 11.5. The number of rotatable bonds is 4. The third kappa shape index (κ3) is 3.71. The predicted octanol–water partition coefficient (Wildman–Crippen LogP) is 0.475. The third-order valence-electron chi connectivity index (χ3n) is 2.16. The molecular formula is C10H18N4O. The summed E-state index contributed by atoms with van der Waals surface area (Å²) >= 11 is 0. The van der Waals surface area contributed by atoms with Gasteiger partial charge in [0.15, 0.2) is 0 Å². The number of aromatic nitrogens is 2. The lowest BCUT2D eigenvalue weighted by Crippen LogP contribution is -2.31. The highest BCUT2D eigenvalue weighted by molar-refractivity contribution is 5.33. The molecule has 4 N–H and O–H groups in total. The number of hydrogen-bond donors (Lipinski definition) is 3. The van der Waals surface area contributed by atoms with Gasteiger partial charge in [-0.15, -0.1) is 0 Å². The number of nitrogens with two attached hydrogens (primary N) is 1. The first-order valence-corrected chi connectivity index (χ1v) is 4.95. The maximum atomic E-state index is 11.1. The van der Waals surface area contributed by atoms with E-state index in [0.717, 1.165) is 0 Å². The number of hydrogen-bond acceptors (Lipinski definition) is 4. The van der Waals surface area contributed by atoms with E-state index in [-0.39, 0.29) is 11.0 Å². The number of anilines is 1. The van der Waals surface area contributed by atoms with E-state index < -0.39 is 0 Å². The van der Waals surface area contributed by atoms with E-state index in [2.05, 4.69) is 29.1 Å². The van der Waals surface area contributed by atoms with Crippen LogP contribution in [0.5, 0.6) is 0 Å². The van der Waals surface area contributed by atoms with Gasteiger partial charge in [0.2, 0.25) is 0 Å². The number of H-pyrrole nitrogens is 1. The Morgan fingerprint density at radius 3 is 2.80 bits per heavy atom. The molecule has 0 aliphatic rings. The molecule has 0 unspecified atom stereocenters. The highest BCUT2D eigenvalue weighted by Gasteiger charge is 2.15. The van der Waals surface area contributed by atoms with E-state index in [9.17, 15) is 4.79 Å². The lowest BCUT2D eigenvalue weighted by molar-refractivity contribution is 0.405. The number of aryl methyl sites for hydroxylation is 1. The van der Waals surface area contributed by atoms with Crippen LogP contribution in [0.1, 0.15) is 19.7 Å². The quantitative estimate of drug-likeness (QED) is 0.674. The summed E-state index contributed by atoms with van der Waals surface area (Å²) < 4.78 is 0. The van der Waals surface area contributed by atoms with Crippen molar-refractivity contribution in [1.82, 2.24) is 9.97 Å². The van der Waals surface area contributed by atoms with Gasteiger partial charge in [-0.1, -0.05) is 13.8 Å². The zero-order valence-electron chi connectivity index (χ0n) is 9.42. The Morgan fingerprint density at radius 2 is 2.27 bits per heavy atom. The van der Waals surface area contributed by atoms with Gasteiger partial charge in [-0.05, 0) is 18.9 Å². The van der Waals surface area contributed by atoms with E-state index in [1.54, 1.807) is 6.92 Å². The van der Waals surface area contributed by atoms with Gasteiger partial charge in [-0.25, -0.2) is 4.98 Å². The van der Waals surface area contributed by atoms with Crippen molar-refractivity contribution >= 4 is 5.82 Å². The van der Waals surface area contributed by atoms with E-state index in [0.29, 0.717) is 24.7 Å². The summed E-state index contributed by atoms with van der Waals surface area (Å²) in [5, 5.41) is 3.11. The largest absolute Gasteiger partial charge is 0.369 e. The van der Waals surface area contributed by atoms with Crippen LogP contribution in [0.4, 0.5) is 5.82 Å². The van der Waals surface area contributed by atoms with Gasteiger partial charge in [0, 0.05) is 12.6 Å². The summed E-state index contributed by atoms with van der Waals surface area (Å²) in [5.41, 5.74) is 5.46. The van der Waals surface area contributed by atoms with Gasteiger partial charge in [0.1, 0.15) is 11.6 Å². The second kappa shape index (κ2) is 4.44. The molecule has 15 heavy (non-hydrogen) atoms. The van der Waals surface area contributed by atoms with Gasteiger partial charge in [0.25, 0.3) is 5.56 Å². The van der Waals surface area contributed by atoms with Crippen molar-refractivity contribution in [2.45, 2.75) is 20.8 Å². The summed E-state index contributed by atoms with van der Waals surface area (Å²) in [4.78, 5) is 17.9. The molecule has 1 rings (SSSR count). The van der Waals surface area contributed by atoms with Crippen molar-refractivity contribution in [2.24, 2.45) is 11.1 Å². The Morgan fingerprint density at radius 1 is 1.60 bits per heavy atom. The Labute approximate surface area is 89.1 Å². The average Bonchev–Trinajstić information content (AvgIpc) is 2.14. The van der Waals surface area contributed by atoms with Crippen molar-refractivity contribution in [2.75, 3.05) is 18.4 Å². The molecule has 1 heterocycles. The topological polar surface area (TPSA) is 83.8 Å². The van der Waals surface area contributed by atoms with Crippen LogP contribution in [-0.4, -0.2) is 23.1 Å². The average molecular weight is 210 g/mol. The second-order valence-corrected chi connectivity index (χ2v) is 4.44. The molecule has 84 valence electrons. The molecule has 0 saturated heterocycles. The highest BCUT2D eigenvalue weighted by Crippen LogP contribution is 2.12. The summed E-state index contributed by atoms with van der Waals surface area (Å²) in [5.74, 6) is 1.20. The van der Waals surface area contributed by atoms with Crippen molar-refractivity contribution in [3.8, 4) is 0 Å². The van der Waals surface area contributed by atoms with Gasteiger partial charge in [0.05, 0.1) is 0 Å². The van der Waals surface area contributed by atoms with Crippen LogP contribution in [0.2, 0.25) is 0 Å². The molecule has 0 saturated carbocycles. The van der Waals surface area contributed by atoms with Crippen molar-refractivity contribution in [3.63, 3.8) is 0 Å². The summed E-state index contributed by atoms with van der Waals surface area (Å²) in [6, 6.07) is 1.44. The van der Waals surface area contributed by atoms with Crippen LogP contribution >= 0.6 is 0 Å². The van der Waals surface area contributed by atoms with Crippen molar-refractivity contribution in [1.29, 1.82) is 0 Å². The Hall–Kier alpha value is -1.36. The number of nitrogens with zero attached hydrogens (tertiary/aromatic N) is 1. The molecule has 0 atom stereocenters. The van der Waals surface area contributed by atoms with E-state index in [4.69, 9.17) is 5.73 Å². The molecule has 5 nitrogen and oxygen atoms in total.